The number of halogens is 1. The molecule has 0 radical (unpaired) electrons. The van der Waals surface area contributed by atoms with Crippen LogP contribution in [-0.4, -0.2) is 41.5 Å². The highest BCUT2D eigenvalue weighted by atomic mass is 19.1. The fourth-order valence-electron chi connectivity index (χ4n) is 4.16. The standard InChI is InChI=1S/C24H30FN3O3/c1-17(2)15-22(28(16-29)21-8-6-20(25)7-9-21)19-10-13-27(14-11-19)24(30)31-23-5-4-12-26-18(23)3/h4-9,12,16-17,19,22H,10-11,13-15H2,1-3H3. The topological polar surface area (TPSA) is 62.7 Å². The molecule has 1 atom stereocenters. The summed E-state index contributed by atoms with van der Waals surface area (Å²) < 4.78 is 18.9. The van der Waals surface area contributed by atoms with Gasteiger partial charge in [-0.2, -0.15) is 0 Å². The third kappa shape index (κ3) is 5.81. The lowest BCUT2D eigenvalue weighted by Gasteiger charge is -2.40. The molecule has 0 N–H and O–H groups in total. The van der Waals surface area contributed by atoms with Gasteiger partial charge in [0.25, 0.3) is 0 Å². The van der Waals surface area contributed by atoms with Gasteiger partial charge in [0.05, 0.1) is 5.69 Å². The van der Waals surface area contributed by atoms with Crippen molar-refractivity contribution < 1.29 is 18.7 Å². The van der Waals surface area contributed by atoms with Gasteiger partial charge in [-0.25, -0.2) is 9.18 Å². The maximum atomic E-state index is 13.4. The quantitative estimate of drug-likeness (QED) is 0.595. The van der Waals surface area contributed by atoms with Crippen molar-refractivity contribution in [2.24, 2.45) is 11.8 Å². The maximum Gasteiger partial charge on any atom is 0.415 e. The van der Waals surface area contributed by atoms with Crippen LogP contribution in [0.2, 0.25) is 0 Å². The van der Waals surface area contributed by atoms with Gasteiger partial charge >= 0.3 is 6.09 Å². The number of rotatable bonds is 7. The van der Waals surface area contributed by atoms with E-state index in [-0.39, 0.29) is 23.9 Å². The van der Waals surface area contributed by atoms with Gasteiger partial charge in [0, 0.05) is 31.0 Å². The molecule has 0 aliphatic carbocycles. The minimum atomic E-state index is -0.374. The number of benzene rings is 1. The molecule has 1 aliphatic heterocycles. The van der Waals surface area contributed by atoms with E-state index in [0.717, 1.165) is 25.7 Å². The van der Waals surface area contributed by atoms with Crippen LogP contribution in [0.3, 0.4) is 0 Å². The predicted octanol–water partition coefficient (Wildman–Crippen LogP) is 4.82. The van der Waals surface area contributed by atoms with Crippen molar-refractivity contribution in [1.29, 1.82) is 0 Å². The largest absolute Gasteiger partial charge is 0.415 e. The average Bonchev–Trinajstić information content (AvgIpc) is 2.76. The van der Waals surface area contributed by atoms with Crippen LogP contribution in [0.15, 0.2) is 42.6 Å². The zero-order chi connectivity index (χ0) is 22.4. The molecule has 1 unspecified atom stereocenters. The fourth-order valence-corrected chi connectivity index (χ4v) is 4.16. The summed E-state index contributed by atoms with van der Waals surface area (Å²) in [5, 5.41) is 0. The molecule has 31 heavy (non-hydrogen) atoms. The summed E-state index contributed by atoms with van der Waals surface area (Å²) in [4.78, 5) is 32.2. The predicted molar refractivity (Wildman–Crippen MR) is 117 cm³/mol. The van der Waals surface area contributed by atoms with Crippen molar-refractivity contribution >= 4 is 18.2 Å². The number of likely N-dealkylation sites (tertiary alicyclic amines) is 1. The number of piperidine rings is 1. The molecular formula is C24H30FN3O3. The van der Waals surface area contributed by atoms with Gasteiger partial charge in [-0.1, -0.05) is 13.8 Å². The van der Waals surface area contributed by atoms with E-state index in [1.807, 2.05) is 0 Å². The molecule has 2 amide bonds. The second-order valence-electron chi connectivity index (χ2n) is 8.47. The average molecular weight is 428 g/mol. The van der Waals surface area contributed by atoms with Crippen LogP contribution in [0.4, 0.5) is 14.9 Å². The van der Waals surface area contributed by atoms with Gasteiger partial charge < -0.3 is 14.5 Å². The molecule has 1 fully saturated rings. The Labute approximate surface area is 183 Å². The molecule has 1 aromatic heterocycles. The second kappa shape index (κ2) is 10.4. The van der Waals surface area contributed by atoms with Crippen molar-refractivity contribution in [2.45, 2.75) is 46.1 Å². The molecule has 2 aromatic rings. The van der Waals surface area contributed by atoms with Crippen LogP contribution in [0.1, 0.15) is 38.8 Å². The Bertz CT molecular complexity index is 880. The number of ether oxygens (including phenoxy) is 1. The van der Waals surface area contributed by atoms with Gasteiger partial charge in [0.1, 0.15) is 5.82 Å². The first-order valence-electron chi connectivity index (χ1n) is 10.8. The van der Waals surface area contributed by atoms with Gasteiger partial charge in [-0.15, -0.1) is 0 Å². The zero-order valence-electron chi connectivity index (χ0n) is 18.3. The second-order valence-corrected chi connectivity index (χ2v) is 8.47. The molecular weight excluding hydrogens is 397 g/mol. The normalized spacial score (nSPS) is 15.6. The number of hydrogen-bond donors (Lipinski definition) is 0. The van der Waals surface area contributed by atoms with Gasteiger partial charge in [0.15, 0.2) is 5.75 Å². The molecule has 1 saturated heterocycles. The van der Waals surface area contributed by atoms with E-state index >= 15 is 0 Å². The Morgan fingerprint density at radius 2 is 1.94 bits per heavy atom. The highest BCUT2D eigenvalue weighted by Gasteiger charge is 2.33. The molecule has 0 spiro atoms. The third-order valence-corrected chi connectivity index (χ3v) is 5.81. The Kier molecular flexibility index (Phi) is 7.60. The molecule has 166 valence electrons. The summed E-state index contributed by atoms with van der Waals surface area (Å²) in [6.07, 6.45) is 4.49. The minimum absolute atomic E-state index is 0.0123. The molecule has 7 heteroatoms. The molecule has 1 aliphatic rings. The Morgan fingerprint density at radius 1 is 1.26 bits per heavy atom. The maximum absolute atomic E-state index is 13.4. The minimum Gasteiger partial charge on any atom is -0.408 e. The first kappa shape index (κ1) is 22.7. The van der Waals surface area contributed by atoms with Gasteiger partial charge in [-0.05, 0) is 74.4 Å². The summed E-state index contributed by atoms with van der Waals surface area (Å²) in [5.41, 5.74) is 1.36. The first-order chi connectivity index (χ1) is 14.9. The van der Waals surface area contributed by atoms with Crippen LogP contribution < -0.4 is 9.64 Å². The first-order valence-corrected chi connectivity index (χ1v) is 10.8. The zero-order valence-corrected chi connectivity index (χ0v) is 18.3. The Hall–Kier alpha value is -2.96. The van der Waals surface area contributed by atoms with Crippen LogP contribution in [0.25, 0.3) is 0 Å². The number of nitrogens with zero attached hydrogens (tertiary/aromatic N) is 3. The number of amides is 2. The summed E-state index contributed by atoms with van der Waals surface area (Å²) in [6.45, 7) is 7.18. The van der Waals surface area contributed by atoms with E-state index in [2.05, 4.69) is 18.8 Å². The number of aromatic nitrogens is 1. The van der Waals surface area contributed by atoms with E-state index in [9.17, 15) is 14.0 Å². The highest BCUT2D eigenvalue weighted by molar-refractivity contribution is 5.76. The Balaban J connectivity index is 1.67. The van der Waals surface area contributed by atoms with Gasteiger partial charge in [-0.3, -0.25) is 9.78 Å². The van der Waals surface area contributed by atoms with E-state index in [1.165, 1.54) is 12.1 Å². The van der Waals surface area contributed by atoms with Crippen molar-refractivity contribution in [3.05, 3.63) is 54.1 Å². The number of pyridine rings is 1. The monoisotopic (exact) mass is 427 g/mol. The van der Waals surface area contributed by atoms with Gasteiger partial charge in [0.2, 0.25) is 6.41 Å². The highest BCUT2D eigenvalue weighted by Crippen LogP contribution is 2.31. The molecule has 1 aromatic carbocycles. The summed E-state index contributed by atoms with van der Waals surface area (Å²) >= 11 is 0. The van der Waals surface area contributed by atoms with Crippen LogP contribution in [0, 0.1) is 24.6 Å². The van der Waals surface area contributed by atoms with E-state index in [4.69, 9.17) is 4.74 Å². The molecule has 2 heterocycles. The lowest BCUT2D eigenvalue weighted by Crippen LogP contribution is -2.47. The van der Waals surface area contributed by atoms with Crippen molar-refractivity contribution in [1.82, 2.24) is 9.88 Å². The number of hydrogen-bond acceptors (Lipinski definition) is 4. The number of anilines is 1. The summed E-state index contributed by atoms with van der Waals surface area (Å²) in [6, 6.07) is 9.48. The lowest BCUT2D eigenvalue weighted by molar-refractivity contribution is -0.108. The smallest absolute Gasteiger partial charge is 0.408 e. The van der Waals surface area contributed by atoms with Crippen molar-refractivity contribution in [3.8, 4) is 5.75 Å². The fraction of sp³-hybridized carbons (Fsp3) is 0.458. The van der Waals surface area contributed by atoms with E-state index in [0.29, 0.717) is 36.1 Å². The molecule has 0 bridgehead atoms. The van der Waals surface area contributed by atoms with Crippen molar-refractivity contribution in [2.75, 3.05) is 18.0 Å². The van der Waals surface area contributed by atoms with E-state index < -0.39 is 0 Å². The van der Waals surface area contributed by atoms with Crippen LogP contribution in [-0.2, 0) is 4.79 Å². The Morgan fingerprint density at radius 3 is 2.52 bits per heavy atom. The molecule has 0 saturated carbocycles. The summed E-state index contributed by atoms with van der Waals surface area (Å²) in [5.74, 6) is 0.771. The lowest BCUT2D eigenvalue weighted by atomic mass is 9.84. The SMILES string of the molecule is Cc1ncccc1OC(=O)N1CCC(C(CC(C)C)N(C=O)c2ccc(F)cc2)CC1. The van der Waals surface area contributed by atoms with E-state index in [1.54, 1.807) is 47.2 Å². The molecule has 3 rings (SSSR count). The number of carbonyl (C=O) groups excluding carboxylic acids is 2. The summed E-state index contributed by atoms with van der Waals surface area (Å²) in [7, 11) is 0. The number of aryl methyl sites for hydroxylation is 1. The van der Waals surface area contributed by atoms with Crippen LogP contribution >= 0.6 is 0 Å². The van der Waals surface area contributed by atoms with Crippen LogP contribution in [0.5, 0.6) is 5.75 Å². The molecule has 6 nitrogen and oxygen atoms in total. The third-order valence-electron chi connectivity index (χ3n) is 5.81. The van der Waals surface area contributed by atoms with Crippen molar-refractivity contribution in [3.63, 3.8) is 0 Å². The number of carbonyl (C=O) groups is 2.